The molecule has 0 spiro atoms. The van der Waals surface area contributed by atoms with E-state index in [0.29, 0.717) is 12.1 Å². The van der Waals surface area contributed by atoms with Gasteiger partial charge in [0.1, 0.15) is 0 Å². The van der Waals surface area contributed by atoms with Crippen molar-refractivity contribution in [3.05, 3.63) is 59.2 Å². The number of carbonyl (C=O) groups excluding carboxylic acids is 1. The molecule has 1 amide bonds. The van der Waals surface area contributed by atoms with Crippen LogP contribution in [-0.2, 0) is 16.6 Å². The molecule has 0 heterocycles. The van der Waals surface area contributed by atoms with E-state index in [-0.39, 0.29) is 16.8 Å². The van der Waals surface area contributed by atoms with Crippen molar-refractivity contribution >= 4 is 27.7 Å². The van der Waals surface area contributed by atoms with Crippen LogP contribution in [0.1, 0.15) is 34.3 Å². The molecule has 3 rings (SSSR count). The summed E-state index contributed by atoms with van der Waals surface area (Å²) in [6.45, 7) is 2.28. The summed E-state index contributed by atoms with van der Waals surface area (Å²) in [6, 6.07) is 12.8. The van der Waals surface area contributed by atoms with Gasteiger partial charge in [-0.1, -0.05) is 18.2 Å². The predicted molar refractivity (Wildman–Crippen MR) is 109 cm³/mol. The number of nitrogens with one attached hydrogen (secondary N) is 1. The molecule has 7 heteroatoms. The third-order valence-corrected chi connectivity index (χ3v) is 6.84. The monoisotopic (exact) mass is 404 g/mol. The summed E-state index contributed by atoms with van der Waals surface area (Å²) in [5.41, 5.74) is 2.20. The van der Waals surface area contributed by atoms with E-state index in [1.165, 1.54) is 11.0 Å². The zero-order valence-corrected chi connectivity index (χ0v) is 17.4. The van der Waals surface area contributed by atoms with Crippen LogP contribution in [0.2, 0.25) is 0 Å². The Balaban J connectivity index is 1.79. The van der Waals surface area contributed by atoms with E-state index >= 15 is 0 Å². The van der Waals surface area contributed by atoms with Crippen LogP contribution < -0.4 is 4.72 Å². The quantitative estimate of drug-likeness (QED) is 0.718. The van der Waals surface area contributed by atoms with Crippen LogP contribution in [0.25, 0.3) is 0 Å². The average Bonchev–Trinajstić information content (AvgIpc) is 3.45. The number of carbonyl (C=O) groups is 1. The molecule has 2 aromatic carbocycles. The Morgan fingerprint density at radius 3 is 2.44 bits per heavy atom. The van der Waals surface area contributed by atoms with E-state index in [4.69, 9.17) is 0 Å². The Morgan fingerprint density at radius 2 is 1.85 bits per heavy atom. The van der Waals surface area contributed by atoms with Crippen LogP contribution in [-0.4, -0.2) is 38.6 Å². The fraction of sp³-hybridized carbons (Fsp3) is 0.350. The zero-order valence-electron chi connectivity index (χ0n) is 15.7. The lowest BCUT2D eigenvalue weighted by molar-refractivity contribution is 0.0784. The van der Waals surface area contributed by atoms with Gasteiger partial charge < -0.3 is 4.90 Å². The average molecular weight is 405 g/mol. The van der Waals surface area contributed by atoms with Gasteiger partial charge in [0.15, 0.2) is 0 Å². The number of hydrogen-bond donors (Lipinski definition) is 1. The molecular formula is C20H24N2O3S2. The molecule has 0 unspecified atom stereocenters. The van der Waals surface area contributed by atoms with Crippen molar-refractivity contribution < 1.29 is 13.2 Å². The molecule has 1 saturated carbocycles. The van der Waals surface area contributed by atoms with E-state index in [2.05, 4.69) is 4.72 Å². The van der Waals surface area contributed by atoms with Gasteiger partial charge in [0.2, 0.25) is 10.0 Å². The smallest absolute Gasteiger partial charge is 0.254 e. The fourth-order valence-corrected chi connectivity index (χ4v) is 4.51. The minimum atomic E-state index is -3.59. The molecule has 144 valence electrons. The molecule has 0 saturated heterocycles. The molecule has 0 aromatic heterocycles. The van der Waals surface area contributed by atoms with Crippen molar-refractivity contribution in [2.75, 3.05) is 13.3 Å². The molecule has 0 aliphatic heterocycles. The lowest BCUT2D eigenvalue weighted by atomic mass is 10.1. The molecule has 1 N–H and O–H groups in total. The third-order valence-electron chi connectivity index (χ3n) is 4.57. The maximum absolute atomic E-state index is 12.9. The number of thioether (sulfide) groups is 1. The normalized spacial score (nSPS) is 14.2. The van der Waals surface area contributed by atoms with E-state index < -0.39 is 10.0 Å². The van der Waals surface area contributed by atoms with Crippen LogP contribution >= 0.6 is 11.8 Å². The Hall–Kier alpha value is -1.83. The Morgan fingerprint density at radius 1 is 1.19 bits per heavy atom. The zero-order chi connectivity index (χ0) is 19.6. The molecule has 0 bridgehead atoms. The molecule has 5 nitrogen and oxygen atoms in total. The van der Waals surface area contributed by atoms with Gasteiger partial charge >= 0.3 is 0 Å². The lowest BCUT2D eigenvalue weighted by Crippen LogP contribution is -2.28. The molecule has 0 atom stereocenters. The summed E-state index contributed by atoms with van der Waals surface area (Å²) in [5.74, 6) is -0.190. The first-order valence-corrected chi connectivity index (χ1v) is 11.5. The van der Waals surface area contributed by atoms with Crippen molar-refractivity contribution in [3.8, 4) is 0 Å². The number of hydrogen-bond acceptors (Lipinski definition) is 4. The number of rotatable bonds is 7. The van der Waals surface area contributed by atoms with Crippen LogP contribution in [0, 0.1) is 6.92 Å². The number of amides is 1. The highest BCUT2D eigenvalue weighted by Crippen LogP contribution is 2.24. The standard InChI is InChI=1S/C20H24N2O3S2/c1-14-4-11-18(27(24,25)21-16-7-8-16)12-19(14)20(23)22(2)13-15-5-9-17(26-3)10-6-15/h4-6,9-12,16,21H,7-8,13H2,1-3H3. The lowest BCUT2D eigenvalue weighted by Gasteiger charge is -2.19. The van der Waals surface area contributed by atoms with Crippen molar-refractivity contribution in [1.29, 1.82) is 0 Å². The topological polar surface area (TPSA) is 66.5 Å². The summed E-state index contributed by atoms with van der Waals surface area (Å²) >= 11 is 1.67. The van der Waals surface area contributed by atoms with Crippen molar-refractivity contribution in [1.82, 2.24) is 9.62 Å². The minimum absolute atomic E-state index is 0.0300. The molecule has 1 fully saturated rings. The fourth-order valence-electron chi connectivity index (χ4n) is 2.77. The highest BCUT2D eigenvalue weighted by Gasteiger charge is 2.28. The number of aryl methyl sites for hydroxylation is 1. The Bertz CT molecular complexity index is 936. The second kappa shape index (κ2) is 8.04. The van der Waals surface area contributed by atoms with Gasteiger partial charge in [-0.05, 0) is 61.4 Å². The van der Waals surface area contributed by atoms with Crippen LogP contribution in [0.5, 0.6) is 0 Å². The summed E-state index contributed by atoms with van der Waals surface area (Å²) in [4.78, 5) is 15.8. The van der Waals surface area contributed by atoms with Gasteiger partial charge in [-0.25, -0.2) is 13.1 Å². The molecule has 1 aliphatic rings. The molecule has 2 aromatic rings. The predicted octanol–water partition coefficient (Wildman–Crippen LogP) is 3.43. The number of sulfonamides is 1. The summed E-state index contributed by atoms with van der Waals surface area (Å²) < 4.78 is 27.6. The van der Waals surface area contributed by atoms with Crippen molar-refractivity contribution in [2.24, 2.45) is 0 Å². The maximum atomic E-state index is 12.9. The van der Waals surface area contributed by atoms with E-state index in [1.54, 1.807) is 35.8 Å². The van der Waals surface area contributed by atoms with Crippen LogP contribution in [0.15, 0.2) is 52.3 Å². The van der Waals surface area contributed by atoms with E-state index in [1.807, 2.05) is 37.4 Å². The second-order valence-electron chi connectivity index (χ2n) is 6.88. The molecule has 27 heavy (non-hydrogen) atoms. The van der Waals surface area contributed by atoms with Gasteiger partial charge in [-0.15, -0.1) is 11.8 Å². The molecule has 0 radical (unpaired) electrons. The van der Waals surface area contributed by atoms with E-state index in [0.717, 1.165) is 24.0 Å². The van der Waals surface area contributed by atoms with Crippen LogP contribution in [0.4, 0.5) is 0 Å². The van der Waals surface area contributed by atoms with Gasteiger partial charge in [0.25, 0.3) is 5.91 Å². The summed E-state index contributed by atoms with van der Waals surface area (Å²) in [5, 5.41) is 0. The summed E-state index contributed by atoms with van der Waals surface area (Å²) in [7, 11) is -1.86. The van der Waals surface area contributed by atoms with Gasteiger partial charge in [0.05, 0.1) is 4.90 Å². The number of nitrogens with zero attached hydrogens (tertiary/aromatic N) is 1. The number of benzene rings is 2. The largest absolute Gasteiger partial charge is 0.337 e. The minimum Gasteiger partial charge on any atom is -0.337 e. The van der Waals surface area contributed by atoms with Gasteiger partial charge in [-0.2, -0.15) is 0 Å². The molecule has 1 aliphatic carbocycles. The first-order valence-electron chi connectivity index (χ1n) is 8.81. The van der Waals surface area contributed by atoms with Crippen LogP contribution in [0.3, 0.4) is 0 Å². The molecular weight excluding hydrogens is 380 g/mol. The second-order valence-corrected chi connectivity index (χ2v) is 9.48. The van der Waals surface area contributed by atoms with Gasteiger partial charge in [0, 0.05) is 30.1 Å². The highest BCUT2D eigenvalue weighted by molar-refractivity contribution is 7.98. The van der Waals surface area contributed by atoms with Crippen molar-refractivity contribution in [2.45, 2.75) is 42.1 Å². The SMILES string of the molecule is CSc1ccc(CN(C)C(=O)c2cc(S(=O)(=O)NC3CC3)ccc2C)cc1. The Labute approximate surface area is 165 Å². The first kappa shape index (κ1) is 19.9. The summed E-state index contributed by atoms with van der Waals surface area (Å²) in [6.07, 6.45) is 3.76. The van der Waals surface area contributed by atoms with Gasteiger partial charge in [-0.3, -0.25) is 4.79 Å². The third kappa shape index (κ3) is 4.91. The van der Waals surface area contributed by atoms with E-state index in [9.17, 15) is 13.2 Å². The van der Waals surface area contributed by atoms with Crippen molar-refractivity contribution in [3.63, 3.8) is 0 Å². The Kier molecular flexibility index (Phi) is 5.93. The maximum Gasteiger partial charge on any atom is 0.254 e. The first-order chi connectivity index (χ1) is 12.8. The highest BCUT2D eigenvalue weighted by atomic mass is 32.2.